The van der Waals surface area contributed by atoms with E-state index in [0.29, 0.717) is 6.42 Å². The second-order valence-electron chi connectivity index (χ2n) is 6.63. The van der Waals surface area contributed by atoms with Gasteiger partial charge in [0.1, 0.15) is 0 Å². The minimum Gasteiger partial charge on any atom is -0.311 e. The van der Waals surface area contributed by atoms with Crippen molar-refractivity contribution in [3.8, 4) is 0 Å². The molecule has 5 nitrogen and oxygen atoms in total. The summed E-state index contributed by atoms with van der Waals surface area (Å²) in [5.74, 6) is -0.933. The number of hydrogen-bond donors (Lipinski definition) is 0. The first-order chi connectivity index (χ1) is 10.00. The smallest absolute Gasteiger partial charge is 0.230 e. The Morgan fingerprint density at radius 1 is 1.05 bits per heavy atom. The van der Waals surface area contributed by atoms with E-state index in [2.05, 4.69) is 0 Å². The minimum absolute atomic E-state index is 0.274. The van der Waals surface area contributed by atoms with Crippen molar-refractivity contribution in [1.82, 2.24) is 0 Å². The van der Waals surface area contributed by atoms with Crippen molar-refractivity contribution in [2.24, 2.45) is 5.41 Å². The molecule has 3 atom stereocenters. The highest BCUT2D eigenvalue weighted by atomic mass is 17.3. The highest BCUT2D eigenvalue weighted by molar-refractivity contribution is 5.20. The highest BCUT2D eigenvalue weighted by Crippen LogP contribution is 2.42. The van der Waals surface area contributed by atoms with Gasteiger partial charge >= 0.3 is 0 Å². The van der Waals surface area contributed by atoms with E-state index in [-0.39, 0.29) is 5.41 Å². The van der Waals surface area contributed by atoms with Gasteiger partial charge in [0, 0.05) is 23.8 Å². The quantitative estimate of drug-likeness (QED) is 0.740. The Balaban J connectivity index is 1.88. The normalized spacial score (nSPS) is 34.0. The fraction of sp³-hybridized carbons (Fsp3) is 0.625. The minimum atomic E-state index is -0.933. The van der Waals surface area contributed by atoms with E-state index in [9.17, 15) is 0 Å². The molecular formula is C16H22O5. The van der Waals surface area contributed by atoms with Crippen molar-refractivity contribution in [3.05, 3.63) is 35.9 Å². The topological polar surface area (TPSA) is 46.2 Å². The van der Waals surface area contributed by atoms with Gasteiger partial charge in [-0.3, -0.25) is 0 Å². The van der Waals surface area contributed by atoms with Crippen LogP contribution in [-0.4, -0.2) is 12.6 Å². The largest absolute Gasteiger partial charge is 0.311 e. The van der Waals surface area contributed by atoms with Gasteiger partial charge in [-0.15, -0.1) is 0 Å². The van der Waals surface area contributed by atoms with E-state index < -0.39 is 18.4 Å². The van der Waals surface area contributed by atoms with Crippen molar-refractivity contribution in [2.45, 2.75) is 58.4 Å². The van der Waals surface area contributed by atoms with Crippen molar-refractivity contribution in [3.63, 3.8) is 0 Å². The molecule has 2 bridgehead atoms. The average molecular weight is 294 g/mol. The van der Waals surface area contributed by atoms with Gasteiger partial charge in [0.25, 0.3) is 0 Å². The lowest BCUT2D eigenvalue weighted by Crippen LogP contribution is -2.47. The van der Waals surface area contributed by atoms with Gasteiger partial charge in [-0.25, -0.2) is 4.89 Å². The summed E-state index contributed by atoms with van der Waals surface area (Å²) in [7, 11) is 0. The second kappa shape index (κ2) is 5.66. The molecule has 0 aliphatic carbocycles. The first-order valence-electron chi connectivity index (χ1n) is 7.40. The molecule has 0 N–H and O–H groups in total. The zero-order chi connectivity index (χ0) is 14.9. The van der Waals surface area contributed by atoms with Crippen LogP contribution in [0.2, 0.25) is 0 Å². The molecule has 2 heterocycles. The van der Waals surface area contributed by atoms with Crippen LogP contribution in [-0.2, 0) is 30.1 Å². The fourth-order valence-electron chi connectivity index (χ4n) is 2.45. The molecule has 2 fully saturated rings. The SMILES string of the molecule is CC(C)(C)[C@H]1OO[C@H]2CCC[C@@](c3ccccc3)(OO1)O2. The number of benzene rings is 1. The van der Waals surface area contributed by atoms with Crippen molar-refractivity contribution >= 4 is 0 Å². The molecule has 2 saturated heterocycles. The van der Waals surface area contributed by atoms with Crippen LogP contribution in [0, 0.1) is 5.41 Å². The molecule has 1 aromatic carbocycles. The predicted octanol–water partition coefficient (Wildman–Crippen LogP) is 3.65. The van der Waals surface area contributed by atoms with Crippen LogP contribution in [0.3, 0.4) is 0 Å². The fourth-order valence-corrected chi connectivity index (χ4v) is 2.45. The zero-order valence-electron chi connectivity index (χ0n) is 12.7. The Labute approximate surface area is 124 Å². The summed E-state index contributed by atoms with van der Waals surface area (Å²) < 4.78 is 5.97. The first-order valence-corrected chi connectivity index (χ1v) is 7.40. The van der Waals surface area contributed by atoms with E-state index in [0.717, 1.165) is 18.4 Å². The number of ether oxygens (including phenoxy) is 1. The summed E-state index contributed by atoms with van der Waals surface area (Å²) in [6, 6.07) is 9.82. The van der Waals surface area contributed by atoms with Crippen LogP contribution in [0.4, 0.5) is 0 Å². The Morgan fingerprint density at radius 2 is 1.81 bits per heavy atom. The summed E-state index contributed by atoms with van der Waals surface area (Å²) in [5.41, 5.74) is 0.650. The third-order valence-electron chi connectivity index (χ3n) is 3.71. The molecule has 21 heavy (non-hydrogen) atoms. The Bertz CT molecular complexity index is 469. The molecule has 0 amide bonds. The molecule has 2 aliphatic heterocycles. The maximum absolute atomic E-state index is 5.97. The van der Waals surface area contributed by atoms with Crippen molar-refractivity contribution in [1.29, 1.82) is 0 Å². The van der Waals surface area contributed by atoms with Gasteiger partial charge in [-0.05, 0) is 6.42 Å². The summed E-state index contributed by atoms with van der Waals surface area (Å²) in [6.45, 7) is 5.99. The lowest BCUT2D eigenvalue weighted by atomic mass is 9.96. The first kappa shape index (κ1) is 14.9. The van der Waals surface area contributed by atoms with Gasteiger partial charge in [-0.2, -0.15) is 14.7 Å². The van der Waals surface area contributed by atoms with Crippen molar-refractivity contribution < 1.29 is 24.3 Å². The third-order valence-corrected chi connectivity index (χ3v) is 3.71. The second-order valence-corrected chi connectivity index (χ2v) is 6.63. The predicted molar refractivity (Wildman–Crippen MR) is 74.4 cm³/mol. The van der Waals surface area contributed by atoms with E-state index in [1.807, 2.05) is 51.1 Å². The van der Waals surface area contributed by atoms with Gasteiger partial charge < -0.3 is 4.74 Å². The van der Waals surface area contributed by atoms with Gasteiger partial charge in [0.2, 0.25) is 12.1 Å². The maximum atomic E-state index is 5.97. The van der Waals surface area contributed by atoms with E-state index in [4.69, 9.17) is 24.3 Å². The Hall–Kier alpha value is -0.980. The highest BCUT2D eigenvalue weighted by Gasteiger charge is 2.46. The van der Waals surface area contributed by atoms with Crippen LogP contribution in [0.1, 0.15) is 45.6 Å². The molecule has 2 aliphatic rings. The number of rotatable bonds is 1. The van der Waals surface area contributed by atoms with E-state index in [1.54, 1.807) is 0 Å². The molecule has 1 aromatic rings. The zero-order valence-corrected chi connectivity index (χ0v) is 12.7. The van der Waals surface area contributed by atoms with Crippen LogP contribution in [0.25, 0.3) is 0 Å². The monoisotopic (exact) mass is 294 g/mol. The molecule has 116 valence electrons. The van der Waals surface area contributed by atoms with Gasteiger partial charge in [0.05, 0.1) is 0 Å². The molecule has 0 radical (unpaired) electrons. The Kier molecular flexibility index (Phi) is 4.03. The van der Waals surface area contributed by atoms with E-state index in [1.165, 1.54) is 0 Å². The molecular weight excluding hydrogens is 272 g/mol. The summed E-state index contributed by atoms with van der Waals surface area (Å²) in [5, 5.41) is 0. The lowest BCUT2D eigenvalue weighted by Gasteiger charge is -2.43. The number of hydrogen-bond acceptors (Lipinski definition) is 5. The van der Waals surface area contributed by atoms with Gasteiger partial charge in [-0.1, -0.05) is 51.1 Å². The van der Waals surface area contributed by atoms with Crippen LogP contribution >= 0.6 is 0 Å². The van der Waals surface area contributed by atoms with E-state index >= 15 is 0 Å². The summed E-state index contributed by atoms with van der Waals surface area (Å²) in [4.78, 5) is 22.0. The maximum Gasteiger partial charge on any atom is 0.230 e. The standard InChI is InChI=1S/C16H22O5/c1-15(2,3)14-19-18-13-10-7-11-16(17-13,21-20-14)12-8-5-4-6-9-12/h4-6,8-9,13-14H,7,10-11H2,1-3H3/t13-,14-,16-/m0/s1. The third kappa shape index (κ3) is 3.12. The van der Waals surface area contributed by atoms with Crippen molar-refractivity contribution in [2.75, 3.05) is 0 Å². The number of fused-ring (bicyclic) bond motifs is 2. The lowest BCUT2D eigenvalue weighted by molar-refractivity contribution is -0.598. The molecule has 0 unspecified atom stereocenters. The van der Waals surface area contributed by atoms with Gasteiger partial charge in [0.15, 0.2) is 6.29 Å². The average Bonchev–Trinajstić information content (AvgIpc) is 2.45. The molecule has 0 aromatic heterocycles. The van der Waals surface area contributed by atoms with Crippen LogP contribution in [0.5, 0.6) is 0 Å². The Morgan fingerprint density at radius 3 is 2.52 bits per heavy atom. The molecule has 0 spiro atoms. The van der Waals surface area contributed by atoms with Crippen LogP contribution in [0.15, 0.2) is 30.3 Å². The summed E-state index contributed by atoms with van der Waals surface area (Å²) >= 11 is 0. The molecule has 0 saturated carbocycles. The molecule has 5 heteroatoms. The summed E-state index contributed by atoms with van der Waals surface area (Å²) in [6.07, 6.45) is 1.33. The molecule has 3 rings (SSSR count). The van der Waals surface area contributed by atoms with Crippen LogP contribution < -0.4 is 0 Å².